The second-order valence-electron chi connectivity index (χ2n) is 1.99. The Morgan fingerprint density at radius 1 is 1.33 bits per heavy atom. The van der Waals surface area contributed by atoms with Crippen LogP contribution in [0.2, 0.25) is 0 Å². The molecule has 3 heteroatoms. The summed E-state index contributed by atoms with van der Waals surface area (Å²) in [5, 5.41) is 0. The Kier molecular flexibility index (Phi) is 9.49. The van der Waals surface area contributed by atoms with Crippen molar-refractivity contribution in [2.24, 2.45) is 0 Å². The Morgan fingerprint density at radius 3 is 2.67 bits per heavy atom. The summed E-state index contributed by atoms with van der Waals surface area (Å²) >= 11 is 0.812. The van der Waals surface area contributed by atoms with Crippen molar-refractivity contribution in [2.45, 2.75) is 32.6 Å². The molecular weight excluding hydrogens is 180 g/mol. The fourth-order valence-electron chi connectivity index (χ4n) is 0.642. The standard InChI is InChI=1S/C6H14N.ClH.Co/c1-2-3-4-5-6-7;;/h7H,2-6H2,1H3;1H;/q-1;;+2/p-1. The fraction of sp³-hybridized carbons (Fsp3) is 1.00. The normalized spacial score (nSPS) is 10.4. The van der Waals surface area contributed by atoms with Gasteiger partial charge in [-0.2, -0.15) is 0 Å². The Labute approximate surface area is 68.0 Å². The summed E-state index contributed by atoms with van der Waals surface area (Å²) in [6.45, 7) is 3.27. The van der Waals surface area contributed by atoms with Gasteiger partial charge in [0.2, 0.25) is 0 Å². The third-order valence-corrected chi connectivity index (χ3v) is 1.92. The second-order valence-corrected chi connectivity index (χ2v) is 3.08. The minimum absolute atomic E-state index is 0.812. The zero-order chi connectivity index (χ0) is 6.95. The van der Waals surface area contributed by atoms with Crippen molar-refractivity contribution >= 4 is 10.1 Å². The number of nitrogens with one attached hydrogen (secondary N) is 1. The van der Waals surface area contributed by atoms with Crippen molar-refractivity contribution in [1.29, 1.82) is 0 Å². The van der Waals surface area contributed by atoms with Gasteiger partial charge in [-0.15, -0.1) is 0 Å². The number of unbranched alkanes of at least 4 members (excludes halogenated alkanes) is 3. The van der Waals surface area contributed by atoms with Gasteiger partial charge in [0, 0.05) is 0 Å². The molecule has 0 aromatic heterocycles. The van der Waals surface area contributed by atoms with E-state index in [0.717, 1.165) is 20.6 Å². The van der Waals surface area contributed by atoms with Crippen molar-refractivity contribution in [1.82, 2.24) is 4.37 Å². The van der Waals surface area contributed by atoms with Gasteiger partial charge in [0.1, 0.15) is 0 Å². The van der Waals surface area contributed by atoms with E-state index >= 15 is 0 Å². The number of rotatable bonds is 6. The van der Waals surface area contributed by atoms with E-state index in [2.05, 4.69) is 11.3 Å². The van der Waals surface area contributed by atoms with Gasteiger partial charge in [0.15, 0.2) is 0 Å². The quantitative estimate of drug-likeness (QED) is 0.640. The van der Waals surface area contributed by atoms with Gasteiger partial charge in [-0.1, -0.05) is 0 Å². The molecular formula is C6H14ClCoN. The SMILES string of the molecule is CCCCCC[NH][Co][Cl]. The molecule has 0 spiro atoms. The van der Waals surface area contributed by atoms with Crippen LogP contribution in [0, 0.1) is 0 Å². The van der Waals surface area contributed by atoms with Gasteiger partial charge in [0.05, 0.1) is 0 Å². The Balaban J connectivity index is 2.60. The van der Waals surface area contributed by atoms with Crippen LogP contribution >= 0.6 is 10.1 Å². The molecule has 0 amide bonds. The van der Waals surface area contributed by atoms with E-state index in [4.69, 9.17) is 10.1 Å². The van der Waals surface area contributed by atoms with Crippen LogP contribution < -0.4 is 4.37 Å². The summed E-state index contributed by atoms with van der Waals surface area (Å²) in [6.07, 6.45) is 5.24. The van der Waals surface area contributed by atoms with E-state index in [1.807, 2.05) is 0 Å². The summed E-state index contributed by atoms with van der Waals surface area (Å²) in [4.78, 5) is 0. The molecule has 0 aromatic carbocycles. The second kappa shape index (κ2) is 8.76. The zero-order valence-corrected chi connectivity index (χ0v) is 7.54. The molecule has 0 heterocycles. The van der Waals surface area contributed by atoms with E-state index in [1.54, 1.807) is 0 Å². The van der Waals surface area contributed by atoms with Gasteiger partial charge in [0.25, 0.3) is 0 Å². The molecule has 0 bridgehead atoms. The molecule has 0 aliphatic rings. The Bertz CT molecular complexity index is 46.3. The summed E-state index contributed by atoms with van der Waals surface area (Å²) in [5.41, 5.74) is 0. The molecule has 9 heavy (non-hydrogen) atoms. The maximum absolute atomic E-state index is 5.37. The van der Waals surface area contributed by atoms with E-state index < -0.39 is 0 Å². The van der Waals surface area contributed by atoms with Crippen LogP contribution in [0.5, 0.6) is 0 Å². The molecule has 0 radical (unpaired) electrons. The van der Waals surface area contributed by atoms with Gasteiger partial charge >= 0.3 is 67.7 Å². The number of halogens is 1. The molecule has 0 saturated heterocycles. The van der Waals surface area contributed by atoms with Crippen molar-refractivity contribution < 1.29 is 14.0 Å². The van der Waals surface area contributed by atoms with E-state index in [1.165, 1.54) is 25.7 Å². The number of hydrogen-bond acceptors (Lipinski definition) is 1. The van der Waals surface area contributed by atoms with E-state index in [0.29, 0.717) is 0 Å². The van der Waals surface area contributed by atoms with Crippen LogP contribution in [0.25, 0.3) is 0 Å². The minimum atomic E-state index is 0.812. The summed E-state index contributed by atoms with van der Waals surface area (Å²) < 4.78 is 3.04. The van der Waals surface area contributed by atoms with Gasteiger partial charge in [-0.05, 0) is 0 Å². The van der Waals surface area contributed by atoms with E-state index in [9.17, 15) is 0 Å². The average molecular weight is 195 g/mol. The molecule has 0 saturated carbocycles. The Hall–Kier alpha value is 0.756. The topological polar surface area (TPSA) is 12.0 Å². The molecule has 0 aliphatic carbocycles. The van der Waals surface area contributed by atoms with Crippen LogP contribution in [0.1, 0.15) is 32.6 Å². The Morgan fingerprint density at radius 2 is 2.11 bits per heavy atom. The van der Waals surface area contributed by atoms with Crippen molar-refractivity contribution in [2.75, 3.05) is 6.54 Å². The van der Waals surface area contributed by atoms with Gasteiger partial charge in [-0.25, -0.2) is 0 Å². The molecule has 0 fully saturated rings. The van der Waals surface area contributed by atoms with Crippen LogP contribution in [-0.2, 0) is 14.0 Å². The molecule has 1 nitrogen and oxygen atoms in total. The summed E-state index contributed by atoms with van der Waals surface area (Å²) in [5.74, 6) is 0. The maximum atomic E-state index is 5.37. The number of hydrogen-bond donors (Lipinski definition) is 1. The predicted molar refractivity (Wildman–Crippen MR) is 38.0 cm³/mol. The third-order valence-electron chi connectivity index (χ3n) is 1.16. The zero-order valence-electron chi connectivity index (χ0n) is 5.75. The van der Waals surface area contributed by atoms with E-state index in [-0.39, 0.29) is 0 Å². The van der Waals surface area contributed by atoms with Crippen LogP contribution in [0.4, 0.5) is 0 Å². The van der Waals surface area contributed by atoms with Crippen LogP contribution in [0.15, 0.2) is 0 Å². The summed E-state index contributed by atoms with van der Waals surface area (Å²) in [7, 11) is 5.37. The molecule has 59 valence electrons. The monoisotopic (exact) mass is 194 g/mol. The average Bonchev–Trinajstić information content (AvgIpc) is 1.89. The molecule has 0 unspecified atom stereocenters. The van der Waals surface area contributed by atoms with Crippen molar-refractivity contribution in [3.05, 3.63) is 0 Å². The molecule has 0 rings (SSSR count). The third kappa shape index (κ3) is 8.76. The molecule has 0 aromatic rings. The van der Waals surface area contributed by atoms with Crippen molar-refractivity contribution in [3.8, 4) is 0 Å². The van der Waals surface area contributed by atoms with Gasteiger partial charge < -0.3 is 0 Å². The molecule has 0 aliphatic heterocycles. The predicted octanol–water partition coefficient (Wildman–Crippen LogP) is 2.31. The molecule has 1 N–H and O–H groups in total. The van der Waals surface area contributed by atoms with Crippen LogP contribution in [-0.4, -0.2) is 6.54 Å². The first-order valence-corrected chi connectivity index (χ1v) is 5.31. The molecule has 0 atom stereocenters. The first-order valence-electron chi connectivity index (χ1n) is 3.35. The first-order chi connectivity index (χ1) is 4.41. The van der Waals surface area contributed by atoms with Crippen LogP contribution in [0.3, 0.4) is 0 Å². The van der Waals surface area contributed by atoms with Gasteiger partial charge in [-0.3, -0.25) is 0 Å². The summed E-state index contributed by atoms with van der Waals surface area (Å²) in [6, 6.07) is 0. The fourth-order valence-corrected chi connectivity index (χ4v) is 1.18. The first kappa shape index (κ1) is 9.76. The van der Waals surface area contributed by atoms with Crippen molar-refractivity contribution in [3.63, 3.8) is 0 Å².